The number of carboxylic acids is 1. The van der Waals surface area contributed by atoms with Crippen LogP contribution in [0.4, 0.5) is 0 Å². The molecule has 4 nitrogen and oxygen atoms in total. The molecule has 1 saturated heterocycles. The summed E-state index contributed by atoms with van der Waals surface area (Å²) >= 11 is 1.31. The quantitative estimate of drug-likeness (QED) is 0.792. The molecule has 0 bridgehead atoms. The van der Waals surface area contributed by atoms with E-state index in [1.165, 1.54) is 17.8 Å². The number of carboxylic acid groups (broad SMARTS) is 1. The van der Waals surface area contributed by atoms with Gasteiger partial charge in [0.1, 0.15) is 0 Å². The van der Waals surface area contributed by atoms with Gasteiger partial charge < -0.3 is 9.90 Å². The minimum atomic E-state index is -2.93. The first-order chi connectivity index (χ1) is 7.98. The van der Waals surface area contributed by atoms with Gasteiger partial charge in [-0.05, 0) is 12.5 Å². The minimum absolute atomic E-state index is 0.0551. The highest BCUT2D eigenvalue weighted by molar-refractivity contribution is 8.01. The highest BCUT2D eigenvalue weighted by Crippen LogP contribution is 2.32. The lowest BCUT2D eigenvalue weighted by molar-refractivity contribution is -0.255. The summed E-state index contributed by atoms with van der Waals surface area (Å²) in [6.07, 6.45) is 0.578. The zero-order chi connectivity index (χ0) is 12.5. The Labute approximate surface area is 104 Å². The van der Waals surface area contributed by atoms with Gasteiger partial charge in [0, 0.05) is 15.7 Å². The molecule has 92 valence electrons. The Bertz CT molecular complexity index is 536. The predicted molar refractivity (Wildman–Crippen MR) is 63.7 cm³/mol. The van der Waals surface area contributed by atoms with Crippen molar-refractivity contribution < 1.29 is 18.3 Å². The number of thioether (sulfide) groups is 1. The molecule has 1 fully saturated rings. The average molecular weight is 271 g/mol. The van der Waals surface area contributed by atoms with Crippen molar-refractivity contribution in [1.29, 1.82) is 0 Å². The van der Waals surface area contributed by atoms with Gasteiger partial charge in [0.15, 0.2) is 9.84 Å². The largest absolute Gasteiger partial charge is 0.545 e. The molecular formula is C11H11O4S2-. The summed E-state index contributed by atoms with van der Waals surface area (Å²) in [5.74, 6) is -0.911. The van der Waals surface area contributed by atoms with Gasteiger partial charge in [0.05, 0.1) is 17.5 Å². The maximum absolute atomic E-state index is 11.3. The maximum Gasteiger partial charge on any atom is 0.151 e. The number of carbonyl (C=O) groups excluding carboxylic acids is 1. The van der Waals surface area contributed by atoms with Gasteiger partial charge >= 0.3 is 0 Å². The predicted octanol–water partition coefficient (Wildman–Crippen LogP) is 0.329. The van der Waals surface area contributed by atoms with Crippen molar-refractivity contribution in [3.8, 4) is 0 Å². The summed E-state index contributed by atoms with van der Waals surface area (Å²) in [4.78, 5) is 11.5. The van der Waals surface area contributed by atoms with E-state index in [0.29, 0.717) is 11.3 Å². The van der Waals surface area contributed by atoms with Gasteiger partial charge in [-0.15, -0.1) is 11.8 Å². The molecule has 0 amide bonds. The summed E-state index contributed by atoms with van der Waals surface area (Å²) in [6.45, 7) is 0. The average Bonchev–Trinajstić information content (AvgIpc) is 2.58. The summed E-state index contributed by atoms with van der Waals surface area (Å²) < 4.78 is 22.6. The molecule has 0 saturated carbocycles. The molecule has 0 radical (unpaired) electrons. The van der Waals surface area contributed by atoms with Crippen LogP contribution in [0.5, 0.6) is 0 Å². The van der Waals surface area contributed by atoms with Crippen LogP contribution in [0.25, 0.3) is 0 Å². The van der Waals surface area contributed by atoms with E-state index in [4.69, 9.17) is 0 Å². The molecule has 2 rings (SSSR count). The standard InChI is InChI=1S/C11H12O4S2/c12-11(13)9-3-1-2-4-10(9)16-8-5-6-17(14,15)7-8/h1-4,8H,5-7H2,(H,12,13)/p-1/t8-/m0/s1. The lowest BCUT2D eigenvalue weighted by atomic mass is 10.2. The number of aromatic carboxylic acids is 1. The second kappa shape index (κ2) is 4.70. The monoisotopic (exact) mass is 271 g/mol. The van der Waals surface area contributed by atoms with Crippen molar-refractivity contribution in [3.63, 3.8) is 0 Å². The van der Waals surface area contributed by atoms with Crippen LogP contribution in [0.15, 0.2) is 29.2 Å². The molecule has 17 heavy (non-hydrogen) atoms. The number of hydrogen-bond acceptors (Lipinski definition) is 5. The van der Waals surface area contributed by atoms with Crippen LogP contribution >= 0.6 is 11.8 Å². The van der Waals surface area contributed by atoms with Crippen molar-refractivity contribution in [2.45, 2.75) is 16.6 Å². The minimum Gasteiger partial charge on any atom is -0.545 e. The summed E-state index contributed by atoms with van der Waals surface area (Å²) in [6, 6.07) is 6.51. The van der Waals surface area contributed by atoms with E-state index in [9.17, 15) is 18.3 Å². The van der Waals surface area contributed by atoms with E-state index >= 15 is 0 Å². The van der Waals surface area contributed by atoms with Crippen molar-refractivity contribution in [3.05, 3.63) is 29.8 Å². The number of carbonyl (C=O) groups is 1. The van der Waals surface area contributed by atoms with E-state index in [1.54, 1.807) is 18.2 Å². The molecular weight excluding hydrogens is 260 g/mol. The summed E-state index contributed by atoms with van der Waals surface area (Å²) in [5, 5.41) is 10.8. The second-order valence-electron chi connectivity index (χ2n) is 3.93. The normalized spacial score (nSPS) is 22.5. The van der Waals surface area contributed by atoms with Crippen LogP contribution in [0.1, 0.15) is 16.8 Å². The van der Waals surface area contributed by atoms with Crippen molar-refractivity contribution in [2.24, 2.45) is 0 Å². The molecule has 1 atom stereocenters. The molecule has 0 aromatic heterocycles. The van der Waals surface area contributed by atoms with E-state index in [-0.39, 0.29) is 22.3 Å². The molecule has 1 aliphatic heterocycles. The van der Waals surface area contributed by atoms with Crippen LogP contribution in [-0.4, -0.2) is 31.1 Å². The lowest BCUT2D eigenvalue weighted by Crippen LogP contribution is -2.23. The van der Waals surface area contributed by atoms with Gasteiger partial charge in [0.2, 0.25) is 0 Å². The molecule has 1 heterocycles. The Balaban J connectivity index is 2.17. The SMILES string of the molecule is O=C([O-])c1ccccc1S[C@H]1CCS(=O)(=O)C1. The Kier molecular flexibility index (Phi) is 3.44. The van der Waals surface area contributed by atoms with Crippen LogP contribution < -0.4 is 5.11 Å². The Morgan fingerprint density at radius 3 is 2.65 bits per heavy atom. The van der Waals surface area contributed by atoms with Crippen LogP contribution in [0, 0.1) is 0 Å². The first kappa shape index (κ1) is 12.4. The Morgan fingerprint density at radius 2 is 2.06 bits per heavy atom. The van der Waals surface area contributed by atoms with Crippen LogP contribution in [0.3, 0.4) is 0 Å². The Hall–Kier alpha value is -1.01. The van der Waals surface area contributed by atoms with Gasteiger partial charge in [0.25, 0.3) is 0 Å². The zero-order valence-electron chi connectivity index (χ0n) is 8.96. The maximum atomic E-state index is 11.3. The molecule has 0 spiro atoms. The molecule has 1 aromatic rings. The fourth-order valence-electron chi connectivity index (χ4n) is 1.77. The smallest absolute Gasteiger partial charge is 0.151 e. The lowest BCUT2D eigenvalue weighted by Gasteiger charge is -2.12. The Morgan fingerprint density at radius 1 is 1.35 bits per heavy atom. The molecule has 6 heteroatoms. The van der Waals surface area contributed by atoms with E-state index < -0.39 is 15.8 Å². The molecule has 1 aromatic carbocycles. The fourth-order valence-corrected chi connectivity index (χ4v) is 5.39. The van der Waals surface area contributed by atoms with Crippen LogP contribution in [0.2, 0.25) is 0 Å². The second-order valence-corrected chi connectivity index (χ2v) is 7.50. The van der Waals surface area contributed by atoms with Crippen molar-refractivity contribution >= 4 is 27.6 Å². The highest BCUT2D eigenvalue weighted by atomic mass is 32.2. The van der Waals surface area contributed by atoms with Gasteiger partial charge in [-0.1, -0.05) is 18.2 Å². The highest BCUT2D eigenvalue weighted by Gasteiger charge is 2.28. The number of benzene rings is 1. The van der Waals surface area contributed by atoms with Gasteiger partial charge in [-0.25, -0.2) is 8.42 Å². The van der Waals surface area contributed by atoms with Gasteiger partial charge in [-0.3, -0.25) is 0 Å². The summed E-state index contributed by atoms with van der Waals surface area (Å²) in [5.41, 5.74) is 0.127. The summed E-state index contributed by atoms with van der Waals surface area (Å²) in [7, 11) is -2.93. The molecule has 0 N–H and O–H groups in total. The van der Waals surface area contributed by atoms with E-state index in [0.717, 1.165) is 0 Å². The third kappa shape index (κ3) is 3.01. The number of hydrogen-bond donors (Lipinski definition) is 0. The third-order valence-electron chi connectivity index (χ3n) is 2.59. The number of sulfone groups is 1. The first-order valence-corrected chi connectivity index (χ1v) is 7.85. The zero-order valence-corrected chi connectivity index (χ0v) is 10.6. The molecule has 0 aliphatic carbocycles. The number of rotatable bonds is 3. The van der Waals surface area contributed by atoms with E-state index in [1.807, 2.05) is 0 Å². The van der Waals surface area contributed by atoms with Gasteiger partial charge in [-0.2, -0.15) is 0 Å². The molecule has 1 aliphatic rings. The third-order valence-corrected chi connectivity index (χ3v) is 5.92. The van der Waals surface area contributed by atoms with Crippen molar-refractivity contribution in [2.75, 3.05) is 11.5 Å². The van der Waals surface area contributed by atoms with Crippen LogP contribution in [-0.2, 0) is 9.84 Å². The fraction of sp³-hybridized carbons (Fsp3) is 0.364. The van der Waals surface area contributed by atoms with Crippen molar-refractivity contribution in [1.82, 2.24) is 0 Å². The first-order valence-electron chi connectivity index (χ1n) is 5.15. The van der Waals surface area contributed by atoms with E-state index in [2.05, 4.69) is 0 Å². The molecule has 0 unspecified atom stereocenters. The topological polar surface area (TPSA) is 74.3 Å².